The lowest BCUT2D eigenvalue weighted by atomic mass is 9.98. The topological polar surface area (TPSA) is 61.4 Å². The lowest BCUT2D eigenvalue weighted by molar-refractivity contribution is 0.0349. The largest absolute Gasteiger partial charge is 0.388 e. The molecule has 0 aromatic heterocycles. The van der Waals surface area contributed by atoms with Crippen molar-refractivity contribution in [1.82, 2.24) is 10.6 Å². The molecule has 0 fully saturated rings. The Kier molecular flexibility index (Phi) is 6.42. The number of amides is 2. The number of carbonyl (C=O) groups is 1. The number of urea groups is 1. The van der Waals surface area contributed by atoms with Crippen molar-refractivity contribution in [1.29, 1.82) is 0 Å². The summed E-state index contributed by atoms with van der Waals surface area (Å²) in [7, 11) is 0. The molecule has 1 aromatic carbocycles. The van der Waals surface area contributed by atoms with Crippen molar-refractivity contribution in [3.05, 3.63) is 34.1 Å². The van der Waals surface area contributed by atoms with E-state index >= 15 is 0 Å². The van der Waals surface area contributed by atoms with Gasteiger partial charge in [0.1, 0.15) is 5.82 Å². The van der Waals surface area contributed by atoms with Crippen molar-refractivity contribution in [2.75, 3.05) is 6.54 Å². The van der Waals surface area contributed by atoms with E-state index in [-0.39, 0.29) is 24.9 Å². The highest BCUT2D eigenvalue weighted by Gasteiger charge is 2.22. The molecule has 4 nitrogen and oxygen atoms in total. The first-order chi connectivity index (χ1) is 9.40. The molecule has 0 heterocycles. The predicted molar refractivity (Wildman–Crippen MR) is 79.9 cm³/mol. The molecule has 0 bridgehead atoms. The maximum Gasteiger partial charge on any atom is 0.315 e. The van der Waals surface area contributed by atoms with Crippen LogP contribution in [0.15, 0.2) is 22.7 Å². The molecule has 0 aliphatic rings. The van der Waals surface area contributed by atoms with Crippen LogP contribution >= 0.6 is 15.9 Å². The number of rotatable bonds is 6. The Morgan fingerprint density at radius 2 is 2.00 bits per heavy atom. The van der Waals surface area contributed by atoms with Gasteiger partial charge in [-0.15, -0.1) is 0 Å². The van der Waals surface area contributed by atoms with Crippen molar-refractivity contribution in [3.63, 3.8) is 0 Å². The maximum atomic E-state index is 13.1. The van der Waals surface area contributed by atoms with Crippen LogP contribution < -0.4 is 10.6 Å². The van der Waals surface area contributed by atoms with Gasteiger partial charge in [0.25, 0.3) is 0 Å². The maximum absolute atomic E-state index is 13.1. The molecule has 2 amide bonds. The van der Waals surface area contributed by atoms with Crippen molar-refractivity contribution in [2.24, 2.45) is 0 Å². The Morgan fingerprint density at radius 1 is 1.35 bits per heavy atom. The van der Waals surface area contributed by atoms with Crippen LogP contribution in [0.25, 0.3) is 0 Å². The highest BCUT2D eigenvalue weighted by molar-refractivity contribution is 9.10. The summed E-state index contributed by atoms with van der Waals surface area (Å²) in [4.78, 5) is 11.6. The second kappa shape index (κ2) is 7.59. The lowest BCUT2D eigenvalue weighted by Crippen LogP contribution is -2.45. The summed E-state index contributed by atoms with van der Waals surface area (Å²) in [6.45, 7) is 4.14. The van der Waals surface area contributed by atoms with E-state index in [0.29, 0.717) is 18.4 Å². The molecule has 0 aliphatic heterocycles. The molecule has 0 spiro atoms. The summed E-state index contributed by atoms with van der Waals surface area (Å²) < 4.78 is 13.8. The quantitative estimate of drug-likeness (QED) is 0.741. The summed E-state index contributed by atoms with van der Waals surface area (Å²) in [5, 5.41) is 15.3. The molecule has 0 saturated heterocycles. The van der Waals surface area contributed by atoms with Gasteiger partial charge in [0, 0.05) is 17.6 Å². The molecule has 0 saturated carbocycles. The van der Waals surface area contributed by atoms with Crippen LogP contribution in [0.2, 0.25) is 0 Å². The van der Waals surface area contributed by atoms with Gasteiger partial charge in [-0.05, 0) is 36.6 Å². The lowest BCUT2D eigenvalue weighted by Gasteiger charge is -2.25. The molecule has 1 rings (SSSR count). The fourth-order valence-corrected chi connectivity index (χ4v) is 2.05. The Balaban J connectivity index is 2.46. The van der Waals surface area contributed by atoms with Gasteiger partial charge in [-0.25, -0.2) is 9.18 Å². The molecule has 0 aliphatic carbocycles. The van der Waals surface area contributed by atoms with Gasteiger partial charge >= 0.3 is 6.03 Å². The highest BCUT2D eigenvalue weighted by atomic mass is 79.9. The van der Waals surface area contributed by atoms with Crippen molar-refractivity contribution >= 4 is 22.0 Å². The average molecular weight is 347 g/mol. The summed E-state index contributed by atoms with van der Waals surface area (Å²) >= 11 is 3.30. The third-order valence-electron chi connectivity index (χ3n) is 3.34. The number of benzene rings is 1. The van der Waals surface area contributed by atoms with Gasteiger partial charge in [0.15, 0.2) is 0 Å². The zero-order valence-corrected chi connectivity index (χ0v) is 13.3. The normalized spacial score (nSPS) is 11.2. The van der Waals surface area contributed by atoms with E-state index in [1.54, 1.807) is 6.07 Å². The van der Waals surface area contributed by atoms with Crippen LogP contribution in [-0.2, 0) is 6.54 Å². The first kappa shape index (κ1) is 16.9. The van der Waals surface area contributed by atoms with Crippen molar-refractivity contribution < 1.29 is 14.3 Å². The molecule has 0 unspecified atom stereocenters. The number of carbonyl (C=O) groups excluding carboxylic acids is 1. The van der Waals surface area contributed by atoms with Crippen LogP contribution in [0.3, 0.4) is 0 Å². The van der Waals surface area contributed by atoms with Gasteiger partial charge in [0.05, 0.1) is 5.60 Å². The standard InChI is InChI=1S/C14H20BrFN2O2/c1-3-14(20,4-2)9-18-13(19)17-8-10-7-11(16)5-6-12(10)15/h5-7,20H,3-4,8-9H2,1-2H3,(H2,17,18,19). The minimum atomic E-state index is -0.878. The molecular weight excluding hydrogens is 327 g/mol. The van der Waals surface area contributed by atoms with E-state index in [1.807, 2.05) is 13.8 Å². The Hall–Kier alpha value is -1.14. The second-order valence-electron chi connectivity index (χ2n) is 4.70. The number of halogens is 2. The van der Waals surface area contributed by atoms with Gasteiger partial charge in [-0.3, -0.25) is 0 Å². The Labute approximate surface area is 126 Å². The van der Waals surface area contributed by atoms with Crippen LogP contribution in [0, 0.1) is 5.82 Å². The van der Waals surface area contributed by atoms with Crippen molar-refractivity contribution in [2.45, 2.75) is 38.8 Å². The molecular formula is C14H20BrFN2O2. The minimum Gasteiger partial charge on any atom is -0.388 e. The zero-order chi connectivity index (χ0) is 15.2. The van der Waals surface area contributed by atoms with Gasteiger partial charge in [0.2, 0.25) is 0 Å². The summed E-state index contributed by atoms with van der Waals surface area (Å²) in [6, 6.07) is 3.91. The summed E-state index contributed by atoms with van der Waals surface area (Å²) in [5.74, 6) is -0.350. The Morgan fingerprint density at radius 3 is 2.60 bits per heavy atom. The number of hydrogen-bond donors (Lipinski definition) is 3. The van der Waals surface area contributed by atoms with Crippen LogP contribution in [0.5, 0.6) is 0 Å². The van der Waals surface area contributed by atoms with E-state index in [1.165, 1.54) is 12.1 Å². The second-order valence-corrected chi connectivity index (χ2v) is 5.56. The van der Waals surface area contributed by atoms with Crippen LogP contribution in [-0.4, -0.2) is 23.3 Å². The van der Waals surface area contributed by atoms with Gasteiger partial charge in [-0.2, -0.15) is 0 Å². The number of hydrogen-bond acceptors (Lipinski definition) is 2. The molecule has 1 aromatic rings. The Bertz CT molecular complexity index is 464. The van der Waals surface area contributed by atoms with E-state index in [0.717, 1.165) is 4.47 Å². The molecule has 0 atom stereocenters. The van der Waals surface area contributed by atoms with Crippen molar-refractivity contribution in [3.8, 4) is 0 Å². The number of nitrogens with one attached hydrogen (secondary N) is 2. The fraction of sp³-hybridized carbons (Fsp3) is 0.500. The van der Waals surface area contributed by atoms with Gasteiger partial charge < -0.3 is 15.7 Å². The van der Waals surface area contributed by atoms with Crippen LogP contribution in [0.4, 0.5) is 9.18 Å². The first-order valence-electron chi connectivity index (χ1n) is 6.58. The van der Waals surface area contributed by atoms with Crippen LogP contribution in [0.1, 0.15) is 32.3 Å². The van der Waals surface area contributed by atoms with E-state index in [2.05, 4.69) is 26.6 Å². The SMILES string of the molecule is CCC(O)(CC)CNC(=O)NCc1cc(F)ccc1Br. The third-order valence-corrected chi connectivity index (χ3v) is 4.12. The molecule has 6 heteroatoms. The zero-order valence-electron chi connectivity index (χ0n) is 11.7. The highest BCUT2D eigenvalue weighted by Crippen LogP contribution is 2.17. The monoisotopic (exact) mass is 346 g/mol. The molecule has 3 N–H and O–H groups in total. The summed E-state index contributed by atoms with van der Waals surface area (Å²) in [6.07, 6.45) is 1.14. The smallest absolute Gasteiger partial charge is 0.315 e. The fourth-order valence-electron chi connectivity index (χ4n) is 1.66. The van der Waals surface area contributed by atoms with Gasteiger partial charge in [-0.1, -0.05) is 29.8 Å². The van der Waals surface area contributed by atoms with E-state index in [4.69, 9.17) is 0 Å². The number of aliphatic hydroxyl groups is 1. The molecule has 112 valence electrons. The van der Waals surface area contributed by atoms with E-state index in [9.17, 15) is 14.3 Å². The third kappa shape index (κ3) is 5.09. The first-order valence-corrected chi connectivity index (χ1v) is 7.37. The predicted octanol–water partition coefficient (Wildman–Crippen LogP) is 2.94. The summed E-state index contributed by atoms with van der Waals surface area (Å²) in [5.41, 5.74) is -0.224. The minimum absolute atomic E-state index is 0.191. The molecule has 0 radical (unpaired) electrons. The van der Waals surface area contributed by atoms with E-state index < -0.39 is 5.60 Å². The molecule has 20 heavy (non-hydrogen) atoms. The average Bonchev–Trinajstić information content (AvgIpc) is 2.45.